The Balaban J connectivity index is 0.00000392. The number of carbonyl (C=O) groups excluding carboxylic acids is 1. The Kier molecular flexibility index (Phi) is 9.90. The van der Waals surface area contributed by atoms with Gasteiger partial charge in [0.25, 0.3) is 0 Å². The molecule has 1 aromatic carbocycles. The van der Waals surface area contributed by atoms with Gasteiger partial charge in [-0.05, 0) is 50.3 Å². The number of carbonyl (C=O) groups is 1. The SMILES string of the molecule is CCN(CC)S(=O)(=O)c1ccc(CCC(=O)N2CCCCC2C(C)N)cc1.Cl. The molecule has 1 fully saturated rings. The van der Waals surface area contributed by atoms with E-state index in [4.69, 9.17) is 5.73 Å². The molecule has 1 aliphatic rings. The predicted octanol–water partition coefficient (Wildman–Crippen LogP) is 2.80. The first-order valence-corrected chi connectivity index (χ1v) is 11.4. The number of piperidine rings is 1. The molecule has 28 heavy (non-hydrogen) atoms. The molecule has 2 rings (SSSR count). The molecule has 160 valence electrons. The van der Waals surface area contributed by atoms with E-state index in [1.54, 1.807) is 12.1 Å². The van der Waals surface area contributed by atoms with Crippen LogP contribution in [0.1, 0.15) is 52.0 Å². The summed E-state index contributed by atoms with van der Waals surface area (Å²) in [6.45, 7) is 7.31. The number of aryl methyl sites for hydroxylation is 1. The number of halogens is 1. The van der Waals surface area contributed by atoms with Gasteiger partial charge in [-0.25, -0.2) is 8.42 Å². The molecule has 0 bridgehead atoms. The summed E-state index contributed by atoms with van der Waals surface area (Å²) in [6, 6.07) is 7.01. The topological polar surface area (TPSA) is 83.7 Å². The van der Waals surface area contributed by atoms with E-state index in [9.17, 15) is 13.2 Å². The first kappa shape index (κ1) is 24.9. The Morgan fingerprint density at radius 3 is 2.36 bits per heavy atom. The highest BCUT2D eigenvalue weighted by Gasteiger charge is 2.28. The van der Waals surface area contributed by atoms with Crippen LogP contribution in [0.4, 0.5) is 0 Å². The Bertz CT molecular complexity index is 719. The van der Waals surface area contributed by atoms with Crippen molar-refractivity contribution in [3.05, 3.63) is 29.8 Å². The maximum absolute atomic E-state index is 12.6. The number of amides is 1. The van der Waals surface area contributed by atoms with Crippen LogP contribution in [-0.2, 0) is 21.2 Å². The lowest BCUT2D eigenvalue weighted by molar-refractivity contribution is -0.135. The van der Waals surface area contributed by atoms with Crippen LogP contribution in [0.2, 0.25) is 0 Å². The molecule has 1 heterocycles. The zero-order chi connectivity index (χ0) is 20.0. The quantitative estimate of drug-likeness (QED) is 0.685. The minimum atomic E-state index is -3.44. The second-order valence-electron chi connectivity index (χ2n) is 7.24. The fourth-order valence-electron chi connectivity index (χ4n) is 3.75. The van der Waals surface area contributed by atoms with Crippen molar-refractivity contribution in [1.29, 1.82) is 0 Å². The normalized spacial score (nSPS) is 18.6. The Labute approximate surface area is 175 Å². The monoisotopic (exact) mass is 431 g/mol. The molecule has 0 aliphatic carbocycles. The van der Waals surface area contributed by atoms with Gasteiger partial charge in [0.1, 0.15) is 0 Å². The van der Waals surface area contributed by atoms with Gasteiger partial charge >= 0.3 is 0 Å². The van der Waals surface area contributed by atoms with E-state index in [0.29, 0.717) is 30.8 Å². The molecule has 8 heteroatoms. The van der Waals surface area contributed by atoms with Crippen LogP contribution in [0.3, 0.4) is 0 Å². The number of likely N-dealkylation sites (tertiary alicyclic amines) is 1. The summed E-state index contributed by atoms with van der Waals surface area (Å²) < 4.78 is 26.5. The van der Waals surface area contributed by atoms with E-state index < -0.39 is 10.0 Å². The summed E-state index contributed by atoms with van der Waals surface area (Å²) in [6.07, 6.45) is 4.16. The second-order valence-corrected chi connectivity index (χ2v) is 9.18. The maximum atomic E-state index is 12.6. The molecular formula is C20H34ClN3O3S. The van der Waals surface area contributed by atoms with Crippen molar-refractivity contribution in [2.75, 3.05) is 19.6 Å². The molecule has 0 radical (unpaired) electrons. The van der Waals surface area contributed by atoms with Crippen molar-refractivity contribution in [1.82, 2.24) is 9.21 Å². The number of sulfonamides is 1. The van der Waals surface area contributed by atoms with E-state index in [2.05, 4.69) is 0 Å². The van der Waals surface area contributed by atoms with Gasteiger partial charge < -0.3 is 10.6 Å². The second kappa shape index (κ2) is 11.1. The standard InChI is InChI=1S/C20H33N3O3S.ClH/c1-4-22(5-2)27(25,26)18-12-9-17(10-13-18)11-14-20(24)23-15-7-6-8-19(23)16(3)21;/h9-10,12-13,16,19H,4-8,11,14-15,21H2,1-3H3;1H. The largest absolute Gasteiger partial charge is 0.338 e. The van der Waals surface area contributed by atoms with Crippen molar-refractivity contribution >= 4 is 28.3 Å². The third-order valence-electron chi connectivity index (χ3n) is 5.37. The maximum Gasteiger partial charge on any atom is 0.243 e. The van der Waals surface area contributed by atoms with Crippen LogP contribution in [0, 0.1) is 0 Å². The van der Waals surface area contributed by atoms with Crippen LogP contribution in [0.15, 0.2) is 29.2 Å². The van der Waals surface area contributed by atoms with E-state index in [0.717, 1.165) is 31.4 Å². The fraction of sp³-hybridized carbons (Fsp3) is 0.650. The highest BCUT2D eigenvalue weighted by molar-refractivity contribution is 7.89. The van der Waals surface area contributed by atoms with E-state index >= 15 is 0 Å². The summed E-state index contributed by atoms with van der Waals surface area (Å²) in [4.78, 5) is 14.9. The van der Waals surface area contributed by atoms with Gasteiger partial charge in [-0.1, -0.05) is 26.0 Å². The van der Waals surface area contributed by atoms with Crippen molar-refractivity contribution in [2.45, 2.75) is 69.9 Å². The van der Waals surface area contributed by atoms with Crippen LogP contribution >= 0.6 is 12.4 Å². The van der Waals surface area contributed by atoms with E-state index in [1.165, 1.54) is 4.31 Å². The lowest BCUT2D eigenvalue weighted by atomic mass is 9.96. The molecule has 0 spiro atoms. The number of rotatable bonds is 8. The van der Waals surface area contributed by atoms with Gasteiger partial charge in [-0.3, -0.25) is 4.79 Å². The van der Waals surface area contributed by atoms with Crippen molar-refractivity contribution < 1.29 is 13.2 Å². The van der Waals surface area contributed by atoms with Crippen molar-refractivity contribution in [3.8, 4) is 0 Å². The van der Waals surface area contributed by atoms with E-state index in [-0.39, 0.29) is 30.4 Å². The van der Waals surface area contributed by atoms with Gasteiger partial charge in [0.15, 0.2) is 0 Å². The Morgan fingerprint density at radius 2 is 1.82 bits per heavy atom. The van der Waals surface area contributed by atoms with Gasteiger partial charge in [0.2, 0.25) is 15.9 Å². The number of nitrogens with two attached hydrogens (primary N) is 1. The average Bonchev–Trinajstić information content (AvgIpc) is 2.67. The fourth-order valence-corrected chi connectivity index (χ4v) is 5.21. The number of hydrogen-bond donors (Lipinski definition) is 1. The van der Waals surface area contributed by atoms with Gasteiger partial charge in [-0.2, -0.15) is 4.31 Å². The van der Waals surface area contributed by atoms with Crippen LogP contribution in [-0.4, -0.2) is 55.2 Å². The number of benzene rings is 1. The third-order valence-corrected chi connectivity index (χ3v) is 7.43. The first-order chi connectivity index (χ1) is 12.8. The minimum absolute atomic E-state index is 0. The number of hydrogen-bond acceptors (Lipinski definition) is 4. The van der Waals surface area contributed by atoms with Gasteiger partial charge in [0.05, 0.1) is 4.90 Å². The molecule has 1 aromatic rings. The highest BCUT2D eigenvalue weighted by atomic mass is 35.5. The highest BCUT2D eigenvalue weighted by Crippen LogP contribution is 2.21. The smallest absolute Gasteiger partial charge is 0.243 e. The van der Waals surface area contributed by atoms with Crippen molar-refractivity contribution in [2.24, 2.45) is 5.73 Å². The summed E-state index contributed by atoms with van der Waals surface area (Å²) in [5.41, 5.74) is 7.02. The molecule has 1 saturated heterocycles. The summed E-state index contributed by atoms with van der Waals surface area (Å²) in [7, 11) is -3.44. The molecule has 6 nitrogen and oxygen atoms in total. The summed E-state index contributed by atoms with van der Waals surface area (Å²) in [5, 5.41) is 0. The lowest BCUT2D eigenvalue weighted by Gasteiger charge is -2.38. The number of nitrogens with zero attached hydrogens (tertiary/aromatic N) is 2. The molecule has 2 unspecified atom stereocenters. The molecular weight excluding hydrogens is 398 g/mol. The van der Waals surface area contributed by atoms with E-state index in [1.807, 2.05) is 37.8 Å². The average molecular weight is 432 g/mol. The van der Waals surface area contributed by atoms with Gasteiger partial charge in [0, 0.05) is 38.1 Å². The molecule has 2 N–H and O–H groups in total. The van der Waals surface area contributed by atoms with Crippen LogP contribution in [0.5, 0.6) is 0 Å². The molecule has 0 aromatic heterocycles. The van der Waals surface area contributed by atoms with Crippen molar-refractivity contribution in [3.63, 3.8) is 0 Å². The van der Waals surface area contributed by atoms with Crippen LogP contribution < -0.4 is 5.73 Å². The molecule has 2 atom stereocenters. The summed E-state index contributed by atoms with van der Waals surface area (Å²) in [5.74, 6) is 0.136. The zero-order valence-corrected chi connectivity index (χ0v) is 18.8. The van der Waals surface area contributed by atoms with Crippen LogP contribution in [0.25, 0.3) is 0 Å². The zero-order valence-electron chi connectivity index (χ0n) is 17.1. The molecule has 1 aliphatic heterocycles. The first-order valence-electron chi connectivity index (χ1n) is 9.95. The Hall–Kier alpha value is -1.15. The molecule has 1 amide bonds. The predicted molar refractivity (Wildman–Crippen MR) is 115 cm³/mol. The van der Waals surface area contributed by atoms with Gasteiger partial charge in [-0.15, -0.1) is 12.4 Å². The lowest BCUT2D eigenvalue weighted by Crippen LogP contribution is -2.51. The Morgan fingerprint density at radius 1 is 1.21 bits per heavy atom. The third kappa shape index (κ3) is 5.92. The summed E-state index contributed by atoms with van der Waals surface area (Å²) >= 11 is 0. The minimum Gasteiger partial charge on any atom is -0.338 e. The molecule has 0 saturated carbocycles.